The van der Waals surface area contributed by atoms with E-state index in [4.69, 9.17) is 0 Å². The van der Waals surface area contributed by atoms with E-state index in [9.17, 15) is 9.18 Å². The maximum Gasteiger partial charge on any atom is 0.133 e. The van der Waals surface area contributed by atoms with Crippen molar-refractivity contribution in [2.24, 2.45) is 0 Å². The van der Waals surface area contributed by atoms with Gasteiger partial charge in [0.05, 0.1) is 0 Å². The predicted octanol–water partition coefficient (Wildman–Crippen LogP) is 5.06. The number of allylic oxidation sites excluding steroid dienone is 1. The second kappa shape index (κ2) is 6.65. The molecule has 104 valence electrons. The lowest BCUT2D eigenvalue weighted by molar-refractivity contribution is -0.116. The highest BCUT2D eigenvalue weighted by molar-refractivity contribution is 5.78. The van der Waals surface area contributed by atoms with Crippen molar-refractivity contribution >= 4 is 11.9 Å². The Morgan fingerprint density at radius 2 is 1.63 bits per heavy atom. The molecule has 19 heavy (non-hydrogen) atoms. The minimum atomic E-state index is -0.184. The molecule has 2 heteroatoms. The standard InChI is InChI=1S/C17H23FO/c1-11(2)16-9-14(18)10-17(12(3)4)15(16)8-6-7-13(5)19/h6,8-12H,7H2,1-5H3/b8-6+. The van der Waals surface area contributed by atoms with Gasteiger partial charge in [-0.15, -0.1) is 0 Å². The van der Waals surface area contributed by atoms with Crippen molar-refractivity contribution in [2.45, 2.75) is 52.9 Å². The van der Waals surface area contributed by atoms with Crippen LogP contribution in [-0.4, -0.2) is 5.78 Å². The number of halogens is 1. The summed E-state index contributed by atoms with van der Waals surface area (Å²) >= 11 is 0. The SMILES string of the molecule is CC(=O)C/C=C/c1c(C(C)C)cc(F)cc1C(C)C. The third-order valence-corrected chi connectivity index (χ3v) is 3.14. The van der Waals surface area contributed by atoms with Crippen molar-refractivity contribution in [3.8, 4) is 0 Å². The van der Waals surface area contributed by atoms with E-state index in [1.165, 1.54) is 0 Å². The summed E-state index contributed by atoms with van der Waals surface area (Å²) in [4.78, 5) is 11.0. The molecule has 0 bridgehead atoms. The Balaban J connectivity index is 3.31. The smallest absolute Gasteiger partial charge is 0.133 e. The summed E-state index contributed by atoms with van der Waals surface area (Å²) in [7, 11) is 0. The van der Waals surface area contributed by atoms with Crippen molar-refractivity contribution in [1.82, 2.24) is 0 Å². The van der Waals surface area contributed by atoms with Crippen LogP contribution in [0.3, 0.4) is 0 Å². The van der Waals surface area contributed by atoms with E-state index in [-0.39, 0.29) is 23.4 Å². The van der Waals surface area contributed by atoms with Crippen LogP contribution in [0, 0.1) is 5.82 Å². The lowest BCUT2D eigenvalue weighted by Gasteiger charge is -2.17. The molecule has 1 aromatic rings. The van der Waals surface area contributed by atoms with E-state index in [1.807, 2.05) is 12.2 Å². The van der Waals surface area contributed by atoms with E-state index in [2.05, 4.69) is 27.7 Å². The molecule has 0 aromatic heterocycles. The van der Waals surface area contributed by atoms with Crippen molar-refractivity contribution in [1.29, 1.82) is 0 Å². The van der Waals surface area contributed by atoms with Crippen LogP contribution in [0.25, 0.3) is 6.08 Å². The highest BCUT2D eigenvalue weighted by atomic mass is 19.1. The van der Waals surface area contributed by atoms with Crippen LogP contribution in [0.15, 0.2) is 18.2 Å². The van der Waals surface area contributed by atoms with Gasteiger partial charge in [-0.25, -0.2) is 4.39 Å². The minimum Gasteiger partial charge on any atom is -0.300 e. The summed E-state index contributed by atoms with van der Waals surface area (Å²) < 4.78 is 13.7. The third-order valence-electron chi connectivity index (χ3n) is 3.14. The number of hydrogen-bond donors (Lipinski definition) is 0. The molecule has 0 amide bonds. The van der Waals surface area contributed by atoms with Crippen LogP contribution in [0.1, 0.15) is 69.6 Å². The summed E-state index contributed by atoms with van der Waals surface area (Å²) in [5.74, 6) is 0.460. The summed E-state index contributed by atoms with van der Waals surface area (Å²) in [6.07, 6.45) is 4.26. The normalized spacial score (nSPS) is 11.8. The largest absolute Gasteiger partial charge is 0.300 e. The average Bonchev–Trinajstić information content (AvgIpc) is 2.29. The second-order valence-electron chi connectivity index (χ2n) is 5.62. The fourth-order valence-electron chi connectivity index (χ4n) is 2.15. The number of Topliss-reactive ketones (excluding diaryl/α,β-unsaturated/α-hetero) is 1. The lowest BCUT2D eigenvalue weighted by Crippen LogP contribution is -2.01. The van der Waals surface area contributed by atoms with Crippen LogP contribution in [0.4, 0.5) is 4.39 Å². The molecule has 0 aliphatic carbocycles. The van der Waals surface area contributed by atoms with Gasteiger partial charge in [-0.3, -0.25) is 4.79 Å². The maximum atomic E-state index is 13.7. The molecule has 0 aliphatic heterocycles. The summed E-state index contributed by atoms with van der Waals surface area (Å²) in [5, 5.41) is 0. The van der Waals surface area contributed by atoms with E-state index >= 15 is 0 Å². The van der Waals surface area contributed by atoms with Crippen molar-refractivity contribution < 1.29 is 9.18 Å². The Bertz CT molecular complexity index is 455. The van der Waals surface area contributed by atoms with Gasteiger partial charge in [0.2, 0.25) is 0 Å². The molecule has 0 saturated carbocycles. The first kappa shape index (κ1) is 15.6. The highest BCUT2D eigenvalue weighted by Crippen LogP contribution is 2.30. The highest BCUT2D eigenvalue weighted by Gasteiger charge is 2.14. The molecule has 0 radical (unpaired) electrons. The van der Waals surface area contributed by atoms with Gasteiger partial charge in [0.25, 0.3) is 0 Å². The molecule has 1 aromatic carbocycles. The van der Waals surface area contributed by atoms with Gasteiger partial charge in [-0.05, 0) is 47.6 Å². The number of carbonyl (C=O) groups excluding carboxylic acids is 1. The number of carbonyl (C=O) groups is 1. The first-order valence-corrected chi connectivity index (χ1v) is 6.82. The van der Waals surface area contributed by atoms with Crippen LogP contribution < -0.4 is 0 Å². The van der Waals surface area contributed by atoms with Gasteiger partial charge >= 0.3 is 0 Å². The average molecular weight is 262 g/mol. The molecular weight excluding hydrogens is 239 g/mol. The van der Waals surface area contributed by atoms with Gasteiger partial charge in [0, 0.05) is 6.42 Å². The van der Waals surface area contributed by atoms with Crippen molar-refractivity contribution in [3.05, 3.63) is 40.7 Å². The molecule has 0 heterocycles. The molecule has 0 atom stereocenters. The summed E-state index contributed by atoms with van der Waals surface area (Å²) in [5.41, 5.74) is 3.07. The molecule has 0 saturated heterocycles. The monoisotopic (exact) mass is 262 g/mol. The van der Waals surface area contributed by atoms with Crippen LogP contribution in [-0.2, 0) is 4.79 Å². The molecule has 0 aliphatic rings. The topological polar surface area (TPSA) is 17.1 Å². The van der Waals surface area contributed by atoms with Crippen LogP contribution in [0.5, 0.6) is 0 Å². The van der Waals surface area contributed by atoms with E-state index in [1.54, 1.807) is 19.1 Å². The Morgan fingerprint density at radius 3 is 2.00 bits per heavy atom. The fraction of sp³-hybridized carbons (Fsp3) is 0.471. The second-order valence-corrected chi connectivity index (χ2v) is 5.62. The fourth-order valence-corrected chi connectivity index (χ4v) is 2.15. The molecule has 0 spiro atoms. The van der Waals surface area contributed by atoms with Crippen LogP contribution in [0.2, 0.25) is 0 Å². The van der Waals surface area contributed by atoms with Gasteiger partial charge in [-0.1, -0.05) is 39.8 Å². The van der Waals surface area contributed by atoms with Gasteiger partial charge in [0.15, 0.2) is 0 Å². The molecule has 0 fully saturated rings. The van der Waals surface area contributed by atoms with Crippen LogP contribution >= 0.6 is 0 Å². The number of rotatable bonds is 5. The summed E-state index contributed by atoms with van der Waals surface area (Å²) in [6, 6.07) is 3.20. The lowest BCUT2D eigenvalue weighted by atomic mass is 9.88. The molecule has 0 N–H and O–H groups in total. The Labute approximate surface area is 115 Å². The first-order chi connectivity index (χ1) is 8.82. The number of ketones is 1. The molecule has 1 rings (SSSR count). The molecular formula is C17H23FO. The third kappa shape index (κ3) is 4.30. The minimum absolute atomic E-state index is 0.135. The zero-order chi connectivity index (χ0) is 14.6. The van der Waals surface area contributed by atoms with Crippen molar-refractivity contribution in [2.75, 3.05) is 0 Å². The Kier molecular flexibility index (Phi) is 5.46. The quantitative estimate of drug-likeness (QED) is 0.724. The Morgan fingerprint density at radius 1 is 1.16 bits per heavy atom. The maximum absolute atomic E-state index is 13.7. The summed E-state index contributed by atoms with van der Waals surface area (Å²) in [6.45, 7) is 9.80. The van der Waals surface area contributed by atoms with E-state index in [0.29, 0.717) is 6.42 Å². The van der Waals surface area contributed by atoms with Gasteiger partial charge < -0.3 is 0 Å². The molecule has 1 nitrogen and oxygen atoms in total. The molecule has 0 unspecified atom stereocenters. The Hall–Kier alpha value is -1.44. The zero-order valence-electron chi connectivity index (χ0n) is 12.5. The van der Waals surface area contributed by atoms with E-state index < -0.39 is 0 Å². The predicted molar refractivity (Wildman–Crippen MR) is 78.9 cm³/mol. The number of hydrogen-bond acceptors (Lipinski definition) is 1. The zero-order valence-corrected chi connectivity index (χ0v) is 12.5. The van der Waals surface area contributed by atoms with E-state index in [0.717, 1.165) is 16.7 Å². The van der Waals surface area contributed by atoms with Gasteiger partial charge in [0.1, 0.15) is 11.6 Å². The van der Waals surface area contributed by atoms with Gasteiger partial charge in [-0.2, -0.15) is 0 Å². The van der Waals surface area contributed by atoms with Crippen molar-refractivity contribution in [3.63, 3.8) is 0 Å². The number of benzene rings is 1. The first-order valence-electron chi connectivity index (χ1n) is 6.82.